The molecule has 0 fully saturated rings. The monoisotopic (exact) mass is 343 g/mol. The fourth-order valence-corrected chi connectivity index (χ4v) is 2.43. The van der Waals surface area contributed by atoms with E-state index in [4.69, 9.17) is 5.73 Å². The second-order valence-electron chi connectivity index (χ2n) is 4.65. The van der Waals surface area contributed by atoms with Crippen LogP contribution in [0.15, 0.2) is 40.9 Å². The lowest BCUT2D eigenvalue weighted by atomic mass is 9.99. The maximum atomic E-state index is 13.6. The zero-order chi connectivity index (χ0) is 14.7. The fourth-order valence-electron chi connectivity index (χ4n) is 2.02. The van der Waals surface area contributed by atoms with Crippen LogP contribution in [0.1, 0.15) is 11.1 Å². The molecule has 2 aromatic carbocycles. The van der Waals surface area contributed by atoms with E-state index in [2.05, 4.69) is 15.9 Å². The van der Waals surface area contributed by atoms with Gasteiger partial charge in [-0.2, -0.15) is 0 Å². The molecule has 0 saturated heterocycles. The highest BCUT2D eigenvalue weighted by Crippen LogP contribution is 2.18. The van der Waals surface area contributed by atoms with Gasteiger partial charge in [0, 0.05) is 10.5 Å². The van der Waals surface area contributed by atoms with Gasteiger partial charge in [-0.25, -0.2) is 13.2 Å². The molecular weight excluding hydrogens is 331 g/mol. The van der Waals surface area contributed by atoms with Gasteiger partial charge in [0.1, 0.15) is 5.82 Å². The Bertz CT molecular complexity index is 616. The van der Waals surface area contributed by atoms with E-state index in [0.29, 0.717) is 24.0 Å². The summed E-state index contributed by atoms with van der Waals surface area (Å²) in [7, 11) is 0. The topological polar surface area (TPSA) is 26.0 Å². The number of nitrogens with two attached hydrogens (primary N) is 1. The molecular formula is C15H13BrF3N. The molecule has 0 aromatic heterocycles. The number of benzene rings is 2. The minimum atomic E-state index is -0.900. The predicted octanol–water partition coefficient (Wildman–Crippen LogP) is 3.98. The van der Waals surface area contributed by atoms with Crippen molar-refractivity contribution in [2.24, 2.45) is 5.73 Å². The van der Waals surface area contributed by atoms with Crippen molar-refractivity contribution in [2.45, 2.75) is 18.9 Å². The van der Waals surface area contributed by atoms with Crippen molar-refractivity contribution < 1.29 is 13.2 Å². The van der Waals surface area contributed by atoms with Crippen LogP contribution in [-0.2, 0) is 12.8 Å². The maximum absolute atomic E-state index is 13.6. The van der Waals surface area contributed by atoms with Gasteiger partial charge in [-0.15, -0.1) is 0 Å². The number of hydrogen-bond acceptors (Lipinski definition) is 1. The summed E-state index contributed by atoms with van der Waals surface area (Å²) < 4.78 is 40.3. The van der Waals surface area contributed by atoms with Crippen LogP contribution in [0.4, 0.5) is 13.2 Å². The van der Waals surface area contributed by atoms with E-state index in [1.807, 2.05) is 0 Å². The van der Waals surface area contributed by atoms with Crippen molar-refractivity contribution in [3.63, 3.8) is 0 Å². The summed E-state index contributed by atoms with van der Waals surface area (Å²) in [6.45, 7) is 0. The van der Waals surface area contributed by atoms with E-state index in [0.717, 1.165) is 16.6 Å². The molecule has 106 valence electrons. The second kappa shape index (κ2) is 6.41. The fraction of sp³-hybridized carbons (Fsp3) is 0.200. The predicted molar refractivity (Wildman–Crippen MR) is 75.8 cm³/mol. The first-order chi connectivity index (χ1) is 9.45. The second-order valence-corrected chi connectivity index (χ2v) is 5.57. The van der Waals surface area contributed by atoms with Crippen LogP contribution in [0.5, 0.6) is 0 Å². The molecule has 0 bridgehead atoms. The molecule has 0 radical (unpaired) electrons. The number of rotatable bonds is 4. The van der Waals surface area contributed by atoms with Crippen molar-refractivity contribution in [1.82, 2.24) is 0 Å². The average Bonchev–Trinajstić information content (AvgIpc) is 2.38. The largest absolute Gasteiger partial charge is 0.327 e. The average molecular weight is 344 g/mol. The quantitative estimate of drug-likeness (QED) is 0.892. The van der Waals surface area contributed by atoms with Crippen LogP contribution >= 0.6 is 15.9 Å². The van der Waals surface area contributed by atoms with Gasteiger partial charge in [-0.1, -0.05) is 22.0 Å². The molecule has 0 spiro atoms. The molecule has 0 aliphatic rings. The van der Waals surface area contributed by atoms with Crippen molar-refractivity contribution in [3.8, 4) is 0 Å². The van der Waals surface area contributed by atoms with Gasteiger partial charge in [0.15, 0.2) is 11.6 Å². The summed E-state index contributed by atoms with van der Waals surface area (Å²) in [5.41, 5.74) is 7.03. The lowest BCUT2D eigenvalue weighted by Crippen LogP contribution is -2.26. The Balaban J connectivity index is 2.06. The van der Waals surface area contributed by atoms with Crippen LogP contribution in [-0.4, -0.2) is 6.04 Å². The molecule has 2 N–H and O–H groups in total. The Morgan fingerprint density at radius 3 is 2.30 bits per heavy atom. The molecule has 1 nitrogen and oxygen atoms in total. The smallest absolute Gasteiger partial charge is 0.159 e. The highest BCUT2D eigenvalue weighted by atomic mass is 79.9. The molecule has 1 atom stereocenters. The minimum Gasteiger partial charge on any atom is -0.327 e. The molecule has 2 aromatic rings. The zero-order valence-electron chi connectivity index (χ0n) is 10.5. The van der Waals surface area contributed by atoms with E-state index in [1.165, 1.54) is 12.1 Å². The van der Waals surface area contributed by atoms with Crippen LogP contribution in [0.2, 0.25) is 0 Å². The Morgan fingerprint density at radius 2 is 1.60 bits per heavy atom. The van der Waals surface area contributed by atoms with Gasteiger partial charge in [-0.05, 0) is 54.3 Å². The van der Waals surface area contributed by atoms with Gasteiger partial charge in [0.2, 0.25) is 0 Å². The Labute approximate surface area is 123 Å². The Kier molecular flexibility index (Phi) is 4.83. The minimum absolute atomic E-state index is 0.324. The van der Waals surface area contributed by atoms with Crippen LogP contribution < -0.4 is 5.73 Å². The van der Waals surface area contributed by atoms with Gasteiger partial charge in [0.25, 0.3) is 0 Å². The summed E-state index contributed by atoms with van der Waals surface area (Å²) in [4.78, 5) is 0. The lowest BCUT2D eigenvalue weighted by Gasteiger charge is -2.13. The van der Waals surface area contributed by atoms with Crippen molar-refractivity contribution in [2.75, 3.05) is 0 Å². The molecule has 20 heavy (non-hydrogen) atoms. The third-order valence-electron chi connectivity index (χ3n) is 2.97. The summed E-state index contributed by atoms with van der Waals surface area (Å²) in [6, 6.07) is 7.94. The summed E-state index contributed by atoms with van der Waals surface area (Å²) in [5, 5.41) is 0. The van der Waals surface area contributed by atoms with E-state index in [9.17, 15) is 13.2 Å². The molecule has 0 saturated carbocycles. The first-order valence-electron chi connectivity index (χ1n) is 6.09. The van der Waals surface area contributed by atoms with Gasteiger partial charge in [0.05, 0.1) is 0 Å². The normalized spacial score (nSPS) is 12.4. The number of hydrogen-bond donors (Lipinski definition) is 1. The van der Waals surface area contributed by atoms with Crippen LogP contribution in [0.3, 0.4) is 0 Å². The van der Waals surface area contributed by atoms with Crippen molar-refractivity contribution in [1.29, 1.82) is 0 Å². The molecule has 1 unspecified atom stereocenters. The maximum Gasteiger partial charge on any atom is 0.159 e. The molecule has 5 heteroatoms. The van der Waals surface area contributed by atoms with Gasteiger partial charge >= 0.3 is 0 Å². The van der Waals surface area contributed by atoms with E-state index >= 15 is 0 Å². The SMILES string of the molecule is NC(Cc1ccc(F)c(F)c1)Cc1cc(Br)ccc1F. The van der Waals surface area contributed by atoms with E-state index in [1.54, 1.807) is 12.1 Å². The molecule has 0 aliphatic carbocycles. The summed E-state index contributed by atoms with van der Waals surface area (Å²) in [6.07, 6.45) is 0.674. The standard InChI is InChI=1S/C15H13BrF3N/c16-11-2-4-13(17)10(7-11)8-12(20)5-9-1-3-14(18)15(19)6-9/h1-4,6-7,12H,5,8,20H2. The summed E-state index contributed by atoms with van der Waals surface area (Å²) in [5.74, 6) is -2.11. The Hall–Kier alpha value is -1.33. The van der Waals surface area contributed by atoms with Crippen LogP contribution in [0, 0.1) is 17.5 Å². The third kappa shape index (κ3) is 3.84. The third-order valence-corrected chi connectivity index (χ3v) is 3.47. The first kappa shape index (κ1) is 15.1. The molecule has 0 amide bonds. The highest BCUT2D eigenvalue weighted by molar-refractivity contribution is 9.10. The summed E-state index contributed by atoms with van der Waals surface area (Å²) >= 11 is 3.27. The van der Waals surface area contributed by atoms with Crippen molar-refractivity contribution in [3.05, 3.63) is 69.4 Å². The van der Waals surface area contributed by atoms with Crippen LogP contribution in [0.25, 0.3) is 0 Å². The van der Waals surface area contributed by atoms with E-state index in [-0.39, 0.29) is 11.9 Å². The Morgan fingerprint density at radius 1 is 0.900 bits per heavy atom. The molecule has 2 rings (SSSR count). The van der Waals surface area contributed by atoms with Crippen molar-refractivity contribution >= 4 is 15.9 Å². The molecule has 0 heterocycles. The van der Waals surface area contributed by atoms with Gasteiger partial charge in [-0.3, -0.25) is 0 Å². The van der Waals surface area contributed by atoms with E-state index < -0.39 is 11.6 Å². The first-order valence-corrected chi connectivity index (χ1v) is 6.88. The lowest BCUT2D eigenvalue weighted by molar-refractivity contribution is 0.505. The number of halogens is 4. The molecule has 0 aliphatic heterocycles. The zero-order valence-corrected chi connectivity index (χ0v) is 12.1. The van der Waals surface area contributed by atoms with Gasteiger partial charge < -0.3 is 5.73 Å². The highest BCUT2D eigenvalue weighted by Gasteiger charge is 2.11.